The van der Waals surface area contributed by atoms with Gasteiger partial charge in [0.15, 0.2) is 0 Å². The third kappa shape index (κ3) is 13.1. The molecular weight excluding hydrogens is 668 g/mol. The molecule has 4 amide bonds. The van der Waals surface area contributed by atoms with Crippen LogP contribution in [0.15, 0.2) is 103 Å². The first-order chi connectivity index (χ1) is 25.2. The lowest BCUT2D eigenvalue weighted by Crippen LogP contribution is -2.55. The summed E-state index contributed by atoms with van der Waals surface area (Å²) in [5, 5.41) is 22.4. The smallest absolute Gasteiger partial charge is 0.407 e. The highest BCUT2D eigenvalue weighted by Crippen LogP contribution is 2.25. The molecule has 0 radical (unpaired) electrons. The number of hydrogen-bond acceptors (Lipinski definition) is 6. The molecule has 4 rings (SSSR count). The van der Waals surface area contributed by atoms with Crippen LogP contribution in [0.4, 0.5) is 4.79 Å². The molecule has 0 aliphatic heterocycles. The number of ether oxygens (including phenoxy) is 1. The molecule has 0 aliphatic carbocycles. The molecule has 0 unspecified atom stereocenters. The first kappa shape index (κ1) is 40.5. The minimum atomic E-state index is -1.17. The van der Waals surface area contributed by atoms with Crippen molar-refractivity contribution in [2.45, 2.75) is 96.6 Å². The molecule has 4 aromatic carbocycles. The summed E-state index contributed by atoms with van der Waals surface area (Å²) in [5.41, 5.74) is 7.57. The van der Waals surface area contributed by atoms with Crippen LogP contribution in [0.3, 0.4) is 0 Å². The number of carbonyl (C=O) groups is 4. The van der Waals surface area contributed by atoms with E-state index in [-0.39, 0.29) is 31.6 Å². The second-order valence-corrected chi connectivity index (χ2v) is 15.1. The van der Waals surface area contributed by atoms with Crippen molar-refractivity contribution in [1.82, 2.24) is 16.0 Å². The van der Waals surface area contributed by atoms with E-state index in [2.05, 4.69) is 16.0 Å². The molecule has 0 spiro atoms. The van der Waals surface area contributed by atoms with E-state index in [1.54, 1.807) is 20.8 Å². The molecule has 5 atom stereocenters. The van der Waals surface area contributed by atoms with E-state index < -0.39 is 59.6 Å². The Morgan fingerprint density at radius 3 is 1.85 bits per heavy atom. The summed E-state index contributed by atoms with van der Waals surface area (Å²) < 4.78 is 5.54. The molecule has 6 N–H and O–H groups in total. The van der Waals surface area contributed by atoms with Crippen LogP contribution in [-0.2, 0) is 38.4 Å². The van der Waals surface area contributed by atoms with E-state index in [1.165, 1.54) is 0 Å². The average molecular weight is 723 g/mol. The zero-order valence-corrected chi connectivity index (χ0v) is 31.4. The molecule has 0 heterocycles. The molecule has 10 heteroatoms. The highest BCUT2D eigenvalue weighted by atomic mass is 16.6. The van der Waals surface area contributed by atoms with E-state index in [4.69, 9.17) is 10.5 Å². The van der Waals surface area contributed by atoms with Crippen molar-refractivity contribution in [3.05, 3.63) is 120 Å². The summed E-state index contributed by atoms with van der Waals surface area (Å²) >= 11 is 0. The van der Waals surface area contributed by atoms with E-state index in [0.29, 0.717) is 6.42 Å². The Hall–Kier alpha value is -5.22. The Kier molecular flexibility index (Phi) is 14.6. The second kappa shape index (κ2) is 19.0. The number of benzene rings is 4. The molecule has 0 bridgehead atoms. The van der Waals surface area contributed by atoms with Gasteiger partial charge in [-0.05, 0) is 79.8 Å². The molecule has 0 aromatic heterocycles. The van der Waals surface area contributed by atoms with Crippen molar-refractivity contribution in [3.8, 4) is 0 Å². The highest BCUT2D eigenvalue weighted by molar-refractivity contribution is 5.92. The van der Waals surface area contributed by atoms with Crippen LogP contribution in [0.25, 0.3) is 10.8 Å². The summed E-state index contributed by atoms with van der Waals surface area (Å²) in [6.45, 7) is 9.16. The van der Waals surface area contributed by atoms with Crippen molar-refractivity contribution in [2.75, 3.05) is 0 Å². The SMILES string of the molecule is CC(C)C[C@H](NC(=O)[C@H](Cc1cccc2ccccc12)C[C@H](O)[C@H](Cc1ccccc1)NC(=O)OC(C)(C)C)C(=O)N[C@@H](Cc1ccccc1)C(N)=O. The van der Waals surface area contributed by atoms with Gasteiger partial charge in [-0.15, -0.1) is 0 Å². The Morgan fingerprint density at radius 2 is 1.25 bits per heavy atom. The fourth-order valence-electron chi connectivity index (χ4n) is 6.42. The van der Waals surface area contributed by atoms with Crippen LogP contribution in [0.5, 0.6) is 0 Å². The van der Waals surface area contributed by atoms with Crippen molar-refractivity contribution < 1.29 is 29.0 Å². The number of nitrogens with two attached hydrogens (primary N) is 1. The monoisotopic (exact) mass is 722 g/mol. The second-order valence-electron chi connectivity index (χ2n) is 15.1. The van der Waals surface area contributed by atoms with Gasteiger partial charge in [0.25, 0.3) is 0 Å². The number of amides is 4. The topological polar surface area (TPSA) is 160 Å². The molecule has 10 nitrogen and oxygen atoms in total. The molecule has 0 saturated heterocycles. The van der Waals surface area contributed by atoms with Crippen LogP contribution in [-0.4, -0.2) is 58.8 Å². The quantitative estimate of drug-likeness (QED) is 0.0951. The number of aliphatic hydroxyl groups excluding tert-OH is 1. The van der Waals surface area contributed by atoms with Gasteiger partial charge in [-0.25, -0.2) is 4.79 Å². The van der Waals surface area contributed by atoms with E-state index >= 15 is 0 Å². The van der Waals surface area contributed by atoms with Crippen molar-refractivity contribution >= 4 is 34.6 Å². The number of fused-ring (bicyclic) bond motifs is 1. The largest absolute Gasteiger partial charge is 0.444 e. The summed E-state index contributed by atoms with van der Waals surface area (Å²) in [6, 6.07) is 29.7. The molecule has 4 aromatic rings. The number of alkyl carbamates (subject to hydrolysis) is 1. The number of hydrogen-bond donors (Lipinski definition) is 5. The maximum absolute atomic E-state index is 14.4. The lowest BCUT2D eigenvalue weighted by molar-refractivity contribution is -0.133. The maximum atomic E-state index is 14.4. The van der Waals surface area contributed by atoms with Crippen molar-refractivity contribution in [1.29, 1.82) is 0 Å². The van der Waals surface area contributed by atoms with Gasteiger partial charge in [0.05, 0.1) is 12.1 Å². The zero-order chi connectivity index (χ0) is 38.5. The lowest BCUT2D eigenvalue weighted by Gasteiger charge is -2.30. The van der Waals surface area contributed by atoms with Gasteiger partial charge in [-0.3, -0.25) is 14.4 Å². The number of primary amides is 1. The van der Waals surface area contributed by atoms with Crippen LogP contribution in [0, 0.1) is 11.8 Å². The molecule has 53 heavy (non-hydrogen) atoms. The normalized spacial score (nSPS) is 14.4. The summed E-state index contributed by atoms with van der Waals surface area (Å²) in [4.78, 5) is 53.7. The van der Waals surface area contributed by atoms with Gasteiger partial charge in [-0.1, -0.05) is 117 Å². The number of nitrogens with one attached hydrogen (secondary N) is 3. The van der Waals surface area contributed by atoms with Crippen molar-refractivity contribution in [2.24, 2.45) is 17.6 Å². The standard InChI is InChI=1S/C43H54N4O6/c1-28(2)23-37(41(51)45-36(39(44)49)25-30-17-10-7-11-18-30)46-40(50)33(26-32-21-14-20-31-19-12-13-22-34(31)32)27-38(48)35(24-29-15-8-6-9-16-29)47-42(52)53-43(3,4)5/h6-22,28,33,35-38,48H,23-27H2,1-5H3,(H2,44,49)(H,45,51)(H,46,50)(H,47,52)/t33-,35+,36+,37+,38+/m1/s1. The number of aliphatic hydroxyl groups is 1. The van der Waals surface area contributed by atoms with Gasteiger partial charge in [0.1, 0.15) is 17.7 Å². The predicted molar refractivity (Wildman–Crippen MR) is 208 cm³/mol. The Labute approximate surface area is 312 Å². The van der Waals surface area contributed by atoms with Gasteiger partial charge < -0.3 is 31.5 Å². The van der Waals surface area contributed by atoms with Gasteiger partial charge in [-0.2, -0.15) is 0 Å². The summed E-state index contributed by atoms with van der Waals surface area (Å²) in [5.74, 6) is -2.44. The van der Waals surface area contributed by atoms with E-state index in [0.717, 1.165) is 27.5 Å². The van der Waals surface area contributed by atoms with Gasteiger partial charge in [0, 0.05) is 12.3 Å². The minimum absolute atomic E-state index is 0.0163. The van der Waals surface area contributed by atoms with E-state index in [1.807, 2.05) is 117 Å². The third-order valence-electron chi connectivity index (χ3n) is 8.99. The fraction of sp³-hybridized carbons (Fsp3) is 0.395. The van der Waals surface area contributed by atoms with Crippen LogP contribution >= 0.6 is 0 Å². The first-order valence-corrected chi connectivity index (χ1v) is 18.3. The molecule has 282 valence electrons. The highest BCUT2D eigenvalue weighted by Gasteiger charge is 2.33. The predicted octanol–water partition coefficient (Wildman–Crippen LogP) is 5.63. The number of carbonyl (C=O) groups excluding carboxylic acids is 4. The van der Waals surface area contributed by atoms with Crippen LogP contribution in [0.1, 0.15) is 64.2 Å². The molecule has 0 fully saturated rings. The first-order valence-electron chi connectivity index (χ1n) is 18.3. The molecule has 0 aliphatic rings. The lowest BCUT2D eigenvalue weighted by atomic mass is 9.87. The third-order valence-corrected chi connectivity index (χ3v) is 8.99. The van der Waals surface area contributed by atoms with Crippen molar-refractivity contribution in [3.63, 3.8) is 0 Å². The molecular formula is C43H54N4O6. The van der Waals surface area contributed by atoms with Gasteiger partial charge in [0.2, 0.25) is 17.7 Å². The Balaban J connectivity index is 1.63. The van der Waals surface area contributed by atoms with Crippen LogP contribution in [0.2, 0.25) is 0 Å². The zero-order valence-electron chi connectivity index (χ0n) is 31.4. The molecule has 0 saturated carbocycles. The van der Waals surface area contributed by atoms with E-state index in [9.17, 15) is 24.3 Å². The Morgan fingerprint density at radius 1 is 0.679 bits per heavy atom. The van der Waals surface area contributed by atoms with Gasteiger partial charge >= 0.3 is 6.09 Å². The average Bonchev–Trinajstić information content (AvgIpc) is 3.10. The Bertz CT molecular complexity index is 1800. The summed E-state index contributed by atoms with van der Waals surface area (Å²) in [6.07, 6.45) is -0.837. The minimum Gasteiger partial charge on any atom is -0.444 e. The maximum Gasteiger partial charge on any atom is 0.407 e. The summed E-state index contributed by atoms with van der Waals surface area (Å²) in [7, 11) is 0. The van der Waals surface area contributed by atoms with Crippen LogP contribution < -0.4 is 21.7 Å². The number of rotatable bonds is 17. The fourth-order valence-corrected chi connectivity index (χ4v) is 6.42.